The van der Waals surface area contributed by atoms with Gasteiger partial charge in [-0.05, 0) is 25.7 Å². The third-order valence-corrected chi connectivity index (χ3v) is 3.39. The van der Waals surface area contributed by atoms with E-state index < -0.39 is 0 Å². The van der Waals surface area contributed by atoms with Crippen LogP contribution in [0.1, 0.15) is 52.4 Å². The Morgan fingerprint density at radius 1 is 1.53 bits per heavy atom. The maximum absolute atomic E-state index is 10.8. The molecule has 0 aromatic carbocycles. The summed E-state index contributed by atoms with van der Waals surface area (Å²) in [6, 6.07) is 0.821. The molecular formula is C12H24N2O. The van der Waals surface area contributed by atoms with Crippen molar-refractivity contribution in [2.45, 2.75) is 64.5 Å². The van der Waals surface area contributed by atoms with Gasteiger partial charge >= 0.3 is 0 Å². The number of primary amides is 1. The van der Waals surface area contributed by atoms with Crippen molar-refractivity contribution in [2.24, 2.45) is 11.7 Å². The molecular weight excluding hydrogens is 188 g/mol. The third-order valence-electron chi connectivity index (χ3n) is 3.39. The minimum atomic E-state index is -0.210. The number of hydrogen-bond acceptors (Lipinski definition) is 2. The SMILES string of the molecule is CCC1CCCC(NC(C)CC(N)=O)C1. The quantitative estimate of drug-likeness (QED) is 0.730. The lowest BCUT2D eigenvalue weighted by atomic mass is 9.84. The summed E-state index contributed by atoms with van der Waals surface area (Å²) in [6.07, 6.45) is 6.94. The van der Waals surface area contributed by atoms with Crippen LogP contribution < -0.4 is 11.1 Å². The molecule has 1 rings (SSSR count). The Kier molecular flexibility index (Phi) is 5.09. The third kappa shape index (κ3) is 4.65. The summed E-state index contributed by atoms with van der Waals surface area (Å²) in [5.41, 5.74) is 5.17. The molecule has 1 aliphatic carbocycles. The highest BCUT2D eigenvalue weighted by Gasteiger charge is 2.21. The summed E-state index contributed by atoms with van der Waals surface area (Å²) < 4.78 is 0. The molecule has 0 bridgehead atoms. The van der Waals surface area contributed by atoms with Crippen LogP contribution in [0.3, 0.4) is 0 Å². The number of nitrogens with one attached hydrogen (secondary N) is 1. The van der Waals surface area contributed by atoms with Gasteiger partial charge in [0.05, 0.1) is 0 Å². The Labute approximate surface area is 92.8 Å². The molecule has 3 atom stereocenters. The summed E-state index contributed by atoms with van der Waals surface area (Å²) in [7, 11) is 0. The Morgan fingerprint density at radius 3 is 2.87 bits per heavy atom. The van der Waals surface area contributed by atoms with E-state index in [1.165, 1.54) is 32.1 Å². The molecule has 0 aromatic rings. The smallest absolute Gasteiger partial charge is 0.218 e. The first kappa shape index (κ1) is 12.5. The van der Waals surface area contributed by atoms with E-state index in [0.717, 1.165) is 5.92 Å². The largest absolute Gasteiger partial charge is 0.370 e. The molecule has 1 aliphatic rings. The first-order chi connectivity index (χ1) is 7.11. The van der Waals surface area contributed by atoms with Crippen LogP contribution in [0.2, 0.25) is 0 Å². The summed E-state index contributed by atoms with van der Waals surface area (Å²) in [5.74, 6) is 0.662. The van der Waals surface area contributed by atoms with Crippen molar-refractivity contribution in [1.29, 1.82) is 0 Å². The van der Waals surface area contributed by atoms with Crippen LogP contribution in [-0.2, 0) is 4.79 Å². The lowest BCUT2D eigenvalue weighted by Gasteiger charge is -2.31. The van der Waals surface area contributed by atoms with Gasteiger partial charge in [-0.2, -0.15) is 0 Å². The van der Waals surface area contributed by atoms with Crippen molar-refractivity contribution in [3.63, 3.8) is 0 Å². The van der Waals surface area contributed by atoms with E-state index in [-0.39, 0.29) is 11.9 Å². The number of carbonyl (C=O) groups is 1. The molecule has 88 valence electrons. The fraction of sp³-hybridized carbons (Fsp3) is 0.917. The molecule has 15 heavy (non-hydrogen) atoms. The minimum Gasteiger partial charge on any atom is -0.370 e. The predicted molar refractivity (Wildman–Crippen MR) is 62.4 cm³/mol. The summed E-state index contributed by atoms with van der Waals surface area (Å²) in [5, 5.41) is 3.51. The lowest BCUT2D eigenvalue weighted by Crippen LogP contribution is -2.41. The maximum atomic E-state index is 10.8. The number of carbonyl (C=O) groups excluding carboxylic acids is 1. The Hall–Kier alpha value is -0.570. The number of rotatable bonds is 5. The van der Waals surface area contributed by atoms with E-state index in [1.54, 1.807) is 0 Å². The van der Waals surface area contributed by atoms with Crippen LogP contribution in [-0.4, -0.2) is 18.0 Å². The van der Waals surface area contributed by atoms with Gasteiger partial charge < -0.3 is 11.1 Å². The molecule has 3 N–H and O–H groups in total. The second-order valence-electron chi connectivity index (χ2n) is 4.88. The molecule has 0 saturated heterocycles. The Morgan fingerprint density at radius 2 is 2.27 bits per heavy atom. The van der Waals surface area contributed by atoms with Crippen LogP contribution in [0.5, 0.6) is 0 Å². The van der Waals surface area contributed by atoms with Gasteiger partial charge in [-0.25, -0.2) is 0 Å². The second-order valence-corrected chi connectivity index (χ2v) is 4.88. The standard InChI is InChI=1S/C12H24N2O/c1-3-10-5-4-6-11(8-10)14-9(2)7-12(13)15/h9-11,14H,3-8H2,1-2H3,(H2,13,15). The van der Waals surface area contributed by atoms with Gasteiger partial charge in [0.25, 0.3) is 0 Å². The topological polar surface area (TPSA) is 55.1 Å². The van der Waals surface area contributed by atoms with E-state index >= 15 is 0 Å². The molecule has 1 amide bonds. The Balaban J connectivity index is 2.27. The van der Waals surface area contributed by atoms with E-state index in [0.29, 0.717) is 12.5 Å². The molecule has 3 heteroatoms. The van der Waals surface area contributed by atoms with E-state index in [2.05, 4.69) is 12.2 Å². The van der Waals surface area contributed by atoms with E-state index in [4.69, 9.17) is 5.73 Å². The molecule has 3 nitrogen and oxygen atoms in total. The predicted octanol–water partition coefficient (Wildman–Crippen LogP) is 1.81. The second kappa shape index (κ2) is 6.11. The number of amides is 1. The zero-order valence-corrected chi connectivity index (χ0v) is 9.96. The highest BCUT2D eigenvalue weighted by atomic mass is 16.1. The molecule has 3 unspecified atom stereocenters. The normalized spacial score (nSPS) is 28.7. The molecule has 0 radical (unpaired) electrons. The fourth-order valence-electron chi connectivity index (χ4n) is 2.58. The van der Waals surface area contributed by atoms with Crippen LogP contribution in [0.4, 0.5) is 0 Å². The molecule has 0 aromatic heterocycles. The maximum Gasteiger partial charge on any atom is 0.218 e. The highest BCUT2D eigenvalue weighted by molar-refractivity contribution is 5.74. The molecule has 1 fully saturated rings. The monoisotopic (exact) mass is 212 g/mol. The molecule has 1 saturated carbocycles. The highest BCUT2D eigenvalue weighted by Crippen LogP contribution is 2.26. The van der Waals surface area contributed by atoms with Gasteiger partial charge in [0.15, 0.2) is 0 Å². The van der Waals surface area contributed by atoms with Gasteiger partial charge in [-0.15, -0.1) is 0 Å². The first-order valence-electron chi connectivity index (χ1n) is 6.16. The summed E-state index contributed by atoms with van der Waals surface area (Å²) >= 11 is 0. The summed E-state index contributed by atoms with van der Waals surface area (Å²) in [4.78, 5) is 10.8. The van der Waals surface area contributed by atoms with Crippen molar-refractivity contribution in [2.75, 3.05) is 0 Å². The zero-order chi connectivity index (χ0) is 11.3. The van der Waals surface area contributed by atoms with Crippen molar-refractivity contribution in [1.82, 2.24) is 5.32 Å². The number of hydrogen-bond donors (Lipinski definition) is 2. The van der Waals surface area contributed by atoms with Gasteiger partial charge in [0, 0.05) is 18.5 Å². The average molecular weight is 212 g/mol. The van der Waals surface area contributed by atoms with E-state index in [9.17, 15) is 4.79 Å². The van der Waals surface area contributed by atoms with Gasteiger partial charge in [0.1, 0.15) is 0 Å². The first-order valence-corrected chi connectivity index (χ1v) is 6.16. The van der Waals surface area contributed by atoms with Gasteiger partial charge in [0.2, 0.25) is 5.91 Å². The average Bonchev–Trinajstić information content (AvgIpc) is 2.16. The molecule has 0 heterocycles. The van der Waals surface area contributed by atoms with Crippen molar-refractivity contribution in [3.05, 3.63) is 0 Å². The summed E-state index contributed by atoms with van der Waals surface area (Å²) in [6.45, 7) is 4.31. The van der Waals surface area contributed by atoms with Crippen molar-refractivity contribution < 1.29 is 4.79 Å². The van der Waals surface area contributed by atoms with Gasteiger partial charge in [-0.3, -0.25) is 4.79 Å². The van der Waals surface area contributed by atoms with Crippen LogP contribution in [0.25, 0.3) is 0 Å². The van der Waals surface area contributed by atoms with Crippen LogP contribution in [0, 0.1) is 5.92 Å². The Bertz CT molecular complexity index is 206. The fourth-order valence-corrected chi connectivity index (χ4v) is 2.58. The van der Waals surface area contributed by atoms with Crippen molar-refractivity contribution in [3.8, 4) is 0 Å². The molecule has 0 spiro atoms. The lowest BCUT2D eigenvalue weighted by molar-refractivity contribution is -0.118. The molecule has 0 aliphatic heterocycles. The van der Waals surface area contributed by atoms with E-state index in [1.807, 2.05) is 6.92 Å². The van der Waals surface area contributed by atoms with Crippen LogP contribution in [0.15, 0.2) is 0 Å². The van der Waals surface area contributed by atoms with Crippen LogP contribution >= 0.6 is 0 Å². The van der Waals surface area contributed by atoms with Crippen molar-refractivity contribution >= 4 is 5.91 Å². The van der Waals surface area contributed by atoms with Gasteiger partial charge in [-0.1, -0.05) is 26.2 Å². The zero-order valence-electron chi connectivity index (χ0n) is 9.96. The minimum absolute atomic E-state index is 0.210. The number of nitrogens with two attached hydrogens (primary N) is 1.